The summed E-state index contributed by atoms with van der Waals surface area (Å²) >= 11 is 0. The van der Waals surface area contributed by atoms with Crippen molar-refractivity contribution < 1.29 is 14.6 Å². The minimum atomic E-state index is -1.34. The number of H-pyrrole nitrogens is 1. The van der Waals surface area contributed by atoms with E-state index in [1.807, 2.05) is 12.3 Å². The van der Waals surface area contributed by atoms with Gasteiger partial charge in [-0.2, -0.15) is 5.10 Å². The summed E-state index contributed by atoms with van der Waals surface area (Å²) in [5.41, 5.74) is 2.30. The standard InChI is InChI=1S/C28H30FN9O2/c1-18(39)15-38-16-19(12-34-38)24-11-23-25(35-24)32-17-33-26(23)36-7-9-37(10-8-36)27-30-13-21(14-31-27)28(2,40)20-3-5-22(29)6-4-20/h3-6,11-14,16-18,39-40H,7-10,15H2,1-2H3,(H,32,33,35)/t18-,28?/m1/s1. The number of halogens is 1. The van der Waals surface area contributed by atoms with Crippen LogP contribution in [-0.2, 0) is 12.1 Å². The molecule has 1 unspecified atom stereocenters. The van der Waals surface area contributed by atoms with Crippen LogP contribution in [0.2, 0.25) is 0 Å². The van der Waals surface area contributed by atoms with Gasteiger partial charge in [-0.15, -0.1) is 0 Å². The van der Waals surface area contributed by atoms with E-state index in [2.05, 4.69) is 39.8 Å². The van der Waals surface area contributed by atoms with Crippen molar-refractivity contribution >= 4 is 22.8 Å². The first-order valence-corrected chi connectivity index (χ1v) is 13.1. The second-order valence-electron chi connectivity index (χ2n) is 10.3. The first kappa shape index (κ1) is 25.8. The molecule has 11 nitrogen and oxygen atoms in total. The largest absolute Gasteiger partial charge is 0.391 e. The lowest BCUT2D eigenvalue weighted by atomic mass is 9.90. The Hall–Kier alpha value is -4.42. The Labute approximate surface area is 230 Å². The lowest BCUT2D eigenvalue weighted by Crippen LogP contribution is -2.47. The van der Waals surface area contributed by atoms with E-state index in [-0.39, 0.29) is 5.82 Å². The number of aromatic nitrogens is 7. The van der Waals surface area contributed by atoms with Crippen LogP contribution < -0.4 is 9.80 Å². The van der Waals surface area contributed by atoms with Gasteiger partial charge in [0, 0.05) is 55.9 Å². The molecular formula is C28H30FN9O2. The highest BCUT2D eigenvalue weighted by Crippen LogP contribution is 2.31. The van der Waals surface area contributed by atoms with Gasteiger partial charge in [-0.05, 0) is 37.6 Å². The molecule has 1 aromatic carbocycles. The van der Waals surface area contributed by atoms with Crippen LogP contribution in [0.5, 0.6) is 0 Å². The van der Waals surface area contributed by atoms with Crippen molar-refractivity contribution in [1.29, 1.82) is 0 Å². The molecule has 12 heteroatoms. The third kappa shape index (κ3) is 4.98. The van der Waals surface area contributed by atoms with E-state index >= 15 is 0 Å². The van der Waals surface area contributed by atoms with Crippen LogP contribution in [0.25, 0.3) is 22.3 Å². The molecular weight excluding hydrogens is 513 g/mol. The van der Waals surface area contributed by atoms with Crippen molar-refractivity contribution in [2.45, 2.75) is 32.1 Å². The van der Waals surface area contributed by atoms with E-state index in [1.54, 1.807) is 55.6 Å². The number of fused-ring (bicyclic) bond motifs is 1. The Morgan fingerprint density at radius 2 is 1.68 bits per heavy atom. The Morgan fingerprint density at radius 1 is 0.975 bits per heavy atom. The van der Waals surface area contributed by atoms with Gasteiger partial charge < -0.3 is 25.0 Å². The Balaban J connectivity index is 1.15. The van der Waals surface area contributed by atoms with Gasteiger partial charge >= 0.3 is 0 Å². The second-order valence-corrected chi connectivity index (χ2v) is 10.3. The number of rotatable bonds is 7. The smallest absolute Gasteiger partial charge is 0.225 e. The molecule has 206 valence electrons. The Kier molecular flexibility index (Phi) is 6.64. The fourth-order valence-electron chi connectivity index (χ4n) is 5.00. The number of aliphatic hydroxyl groups is 2. The van der Waals surface area contributed by atoms with E-state index in [4.69, 9.17) is 0 Å². The fraction of sp³-hybridized carbons (Fsp3) is 0.321. The number of hydrogen-bond acceptors (Lipinski definition) is 9. The molecule has 1 saturated heterocycles. The molecule has 6 rings (SSSR count). The molecule has 0 amide bonds. The van der Waals surface area contributed by atoms with Gasteiger partial charge in [0.15, 0.2) is 0 Å². The summed E-state index contributed by atoms with van der Waals surface area (Å²) in [7, 11) is 0. The van der Waals surface area contributed by atoms with Crippen LogP contribution in [0.1, 0.15) is 25.0 Å². The number of benzene rings is 1. The first-order valence-electron chi connectivity index (χ1n) is 13.1. The summed E-state index contributed by atoms with van der Waals surface area (Å²) in [6, 6.07) is 7.81. The van der Waals surface area contributed by atoms with Crippen LogP contribution in [0.4, 0.5) is 16.2 Å². The van der Waals surface area contributed by atoms with Crippen molar-refractivity contribution in [3.8, 4) is 11.3 Å². The first-order chi connectivity index (χ1) is 19.3. The maximum absolute atomic E-state index is 13.3. The number of hydrogen-bond donors (Lipinski definition) is 3. The Morgan fingerprint density at radius 3 is 2.38 bits per heavy atom. The van der Waals surface area contributed by atoms with Gasteiger partial charge in [0.05, 0.1) is 29.9 Å². The summed E-state index contributed by atoms with van der Waals surface area (Å²) in [5, 5.41) is 26.0. The highest BCUT2D eigenvalue weighted by Gasteiger charge is 2.28. The molecule has 0 aliphatic carbocycles. The van der Waals surface area contributed by atoms with Crippen molar-refractivity contribution in [2.24, 2.45) is 0 Å². The van der Waals surface area contributed by atoms with Crippen molar-refractivity contribution in [3.63, 3.8) is 0 Å². The SMILES string of the molecule is C[C@@H](O)Cn1cc(-c2cc3c(N4CCN(c5ncc(C(C)(O)c6ccc(F)cc6)cn5)CC4)ncnc3[nH]2)cn1. The fourth-order valence-corrected chi connectivity index (χ4v) is 5.00. The van der Waals surface area contributed by atoms with Crippen molar-refractivity contribution in [3.05, 3.63) is 78.4 Å². The predicted molar refractivity (Wildman–Crippen MR) is 148 cm³/mol. The zero-order valence-electron chi connectivity index (χ0n) is 22.2. The van der Waals surface area contributed by atoms with Gasteiger partial charge in [0.2, 0.25) is 5.95 Å². The molecule has 3 N–H and O–H groups in total. The van der Waals surface area contributed by atoms with E-state index in [0.29, 0.717) is 36.7 Å². The van der Waals surface area contributed by atoms with Crippen LogP contribution in [0.3, 0.4) is 0 Å². The molecule has 40 heavy (non-hydrogen) atoms. The van der Waals surface area contributed by atoms with Crippen LogP contribution in [-0.4, -0.2) is 77.2 Å². The maximum Gasteiger partial charge on any atom is 0.225 e. The summed E-state index contributed by atoms with van der Waals surface area (Å²) in [6.45, 7) is 6.64. The lowest BCUT2D eigenvalue weighted by molar-refractivity contribution is 0.101. The Bertz CT molecular complexity index is 1610. The summed E-state index contributed by atoms with van der Waals surface area (Å²) < 4.78 is 15.0. The highest BCUT2D eigenvalue weighted by atomic mass is 19.1. The quantitative estimate of drug-likeness (QED) is 0.283. The number of aromatic amines is 1. The molecule has 0 bridgehead atoms. The third-order valence-corrected chi connectivity index (χ3v) is 7.27. The average Bonchev–Trinajstić information content (AvgIpc) is 3.60. The zero-order valence-corrected chi connectivity index (χ0v) is 22.2. The van der Waals surface area contributed by atoms with E-state index in [1.165, 1.54) is 12.1 Å². The predicted octanol–water partition coefficient (Wildman–Crippen LogP) is 2.71. The molecule has 4 aromatic heterocycles. The van der Waals surface area contributed by atoms with Gasteiger partial charge in [-0.3, -0.25) is 4.68 Å². The minimum Gasteiger partial charge on any atom is -0.391 e. The van der Waals surface area contributed by atoms with Gasteiger partial charge in [0.1, 0.15) is 29.2 Å². The molecule has 0 radical (unpaired) electrons. The number of nitrogens with one attached hydrogen (secondary N) is 1. The molecule has 1 aliphatic heterocycles. The summed E-state index contributed by atoms with van der Waals surface area (Å²) in [4.78, 5) is 25.8. The zero-order chi connectivity index (χ0) is 27.9. The highest BCUT2D eigenvalue weighted by molar-refractivity contribution is 5.91. The number of piperazine rings is 1. The van der Waals surface area contributed by atoms with E-state index in [0.717, 1.165) is 41.2 Å². The molecule has 5 heterocycles. The molecule has 0 spiro atoms. The molecule has 2 atom stereocenters. The summed E-state index contributed by atoms with van der Waals surface area (Å²) in [6.07, 6.45) is 7.99. The lowest BCUT2D eigenvalue weighted by Gasteiger charge is -2.35. The molecule has 5 aromatic rings. The van der Waals surface area contributed by atoms with Gasteiger partial charge in [-0.1, -0.05) is 12.1 Å². The van der Waals surface area contributed by atoms with Crippen LogP contribution in [0, 0.1) is 5.82 Å². The maximum atomic E-state index is 13.3. The molecule has 1 fully saturated rings. The van der Waals surface area contributed by atoms with Gasteiger partial charge in [-0.25, -0.2) is 24.3 Å². The molecule has 1 aliphatic rings. The van der Waals surface area contributed by atoms with Crippen LogP contribution in [0.15, 0.2) is 61.4 Å². The third-order valence-electron chi connectivity index (χ3n) is 7.27. The van der Waals surface area contributed by atoms with E-state index < -0.39 is 11.7 Å². The van der Waals surface area contributed by atoms with E-state index in [9.17, 15) is 14.6 Å². The number of aliphatic hydroxyl groups excluding tert-OH is 1. The molecule has 0 saturated carbocycles. The summed E-state index contributed by atoms with van der Waals surface area (Å²) in [5.74, 6) is 1.09. The average molecular weight is 544 g/mol. The van der Waals surface area contributed by atoms with Crippen LogP contribution >= 0.6 is 0 Å². The second kappa shape index (κ2) is 10.3. The number of nitrogens with zero attached hydrogens (tertiary/aromatic N) is 8. The number of anilines is 2. The minimum absolute atomic E-state index is 0.356. The van der Waals surface area contributed by atoms with Crippen molar-refractivity contribution in [1.82, 2.24) is 34.7 Å². The monoisotopic (exact) mass is 543 g/mol. The normalized spacial score (nSPS) is 16.3. The van der Waals surface area contributed by atoms with Gasteiger partial charge in [0.25, 0.3) is 0 Å². The topological polar surface area (TPSA) is 132 Å². The van der Waals surface area contributed by atoms with Crippen molar-refractivity contribution in [2.75, 3.05) is 36.0 Å².